The molecule has 0 heterocycles. The molecule has 1 aromatic carbocycles. The Bertz CT molecular complexity index is 410. The maximum Gasteiger partial charge on any atom is 0.0722 e. The predicted octanol–water partition coefficient (Wildman–Crippen LogP) is 6.03. The molecule has 0 bridgehead atoms. The van der Waals surface area contributed by atoms with E-state index < -0.39 is 0 Å². The van der Waals surface area contributed by atoms with Gasteiger partial charge in [-0.25, -0.2) is 0 Å². The van der Waals surface area contributed by atoms with Crippen LogP contribution < -0.4 is 5.32 Å². The Kier molecular flexibility index (Phi) is 4.36. The summed E-state index contributed by atoms with van der Waals surface area (Å²) >= 11 is 18.3. The van der Waals surface area contributed by atoms with Crippen LogP contribution in [-0.2, 0) is 0 Å². The van der Waals surface area contributed by atoms with E-state index in [4.69, 9.17) is 34.8 Å². The summed E-state index contributed by atoms with van der Waals surface area (Å²) in [7, 11) is 0. The van der Waals surface area contributed by atoms with Crippen molar-refractivity contribution >= 4 is 40.5 Å². The summed E-state index contributed by atoms with van der Waals surface area (Å²) in [5.41, 5.74) is 1.28. The van der Waals surface area contributed by atoms with E-state index in [1.54, 1.807) is 12.1 Å². The average Bonchev–Trinajstić information content (AvgIpc) is 2.25. The lowest BCUT2D eigenvalue weighted by molar-refractivity contribution is 0.232. The minimum atomic E-state index is 0.453. The third-order valence-corrected chi connectivity index (χ3v) is 4.51. The molecule has 0 spiro atoms. The van der Waals surface area contributed by atoms with Crippen LogP contribution in [-0.4, -0.2) is 6.04 Å². The summed E-state index contributed by atoms with van der Waals surface area (Å²) in [6, 6.07) is 3.91. The van der Waals surface area contributed by atoms with Gasteiger partial charge >= 0.3 is 0 Å². The zero-order chi connectivity index (χ0) is 13.3. The van der Waals surface area contributed by atoms with Gasteiger partial charge in [0.25, 0.3) is 0 Å². The van der Waals surface area contributed by atoms with Crippen molar-refractivity contribution in [1.29, 1.82) is 0 Å². The Hall–Kier alpha value is -0.110. The van der Waals surface area contributed by atoms with Crippen LogP contribution in [0.5, 0.6) is 0 Å². The highest BCUT2D eigenvalue weighted by Crippen LogP contribution is 2.39. The number of halogens is 3. The van der Waals surface area contributed by atoms with Crippen LogP contribution in [0.1, 0.15) is 39.5 Å². The average molecular weight is 307 g/mol. The molecule has 2 rings (SSSR count). The lowest BCUT2D eigenvalue weighted by Gasteiger charge is -2.35. The molecular weight excluding hydrogens is 289 g/mol. The zero-order valence-electron chi connectivity index (χ0n) is 10.7. The van der Waals surface area contributed by atoms with Gasteiger partial charge < -0.3 is 5.32 Å². The van der Waals surface area contributed by atoms with Gasteiger partial charge in [0.1, 0.15) is 0 Å². The van der Waals surface area contributed by atoms with Crippen LogP contribution in [0.4, 0.5) is 5.69 Å². The topological polar surface area (TPSA) is 12.0 Å². The van der Waals surface area contributed by atoms with E-state index >= 15 is 0 Å². The zero-order valence-corrected chi connectivity index (χ0v) is 13.0. The number of hydrogen-bond donors (Lipinski definition) is 1. The van der Waals surface area contributed by atoms with E-state index in [9.17, 15) is 0 Å². The smallest absolute Gasteiger partial charge is 0.0722 e. The molecule has 100 valence electrons. The summed E-state index contributed by atoms with van der Waals surface area (Å²) < 4.78 is 0. The summed E-state index contributed by atoms with van der Waals surface area (Å²) in [5.74, 6) is 0. The quantitative estimate of drug-likeness (QED) is 0.703. The molecule has 1 nitrogen and oxygen atoms in total. The van der Waals surface area contributed by atoms with Gasteiger partial charge in [-0.2, -0.15) is 0 Å². The van der Waals surface area contributed by atoms with Gasteiger partial charge in [-0.3, -0.25) is 0 Å². The molecule has 1 fully saturated rings. The number of benzene rings is 1. The van der Waals surface area contributed by atoms with E-state index in [2.05, 4.69) is 19.2 Å². The monoisotopic (exact) mass is 305 g/mol. The van der Waals surface area contributed by atoms with E-state index in [1.807, 2.05) is 0 Å². The molecule has 0 aliphatic heterocycles. The highest BCUT2D eigenvalue weighted by molar-refractivity contribution is 6.41. The molecule has 0 aromatic heterocycles. The van der Waals surface area contributed by atoms with Crippen molar-refractivity contribution < 1.29 is 0 Å². The van der Waals surface area contributed by atoms with Gasteiger partial charge in [-0.1, -0.05) is 48.7 Å². The Morgan fingerprint density at radius 2 is 1.56 bits per heavy atom. The first-order chi connectivity index (χ1) is 8.37. The molecule has 1 aromatic rings. The lowest BCUT2D eigenvalue weighted by atomic mass is 9.75. The Morgan fingerprint density at radius 3 is 2.06 bits per heavy atom. The van der Waals surface area contributed by atoms with E-state index in [0.717, 1.165) is 18.5 Å². The summed E-state index contributed by atoms with van der Waals surface area (Å²) in [5, 5.41) is 5.22. The first kappa shape index (κ1) is 14.3. The fourth-order valence-corrected chi connectivity index (χ4v) is 3.35. The van der Waals surface area contributed by atoms with E-state index in [1.165, 1.54) is 12.8 Å². The fraction of sp³-hybridized carbons (Fsp3) is 0.571. The van der Waals surface area contributed by atoms with Crippen molar-refractivity contribution in [3.63, 3.8) is 0 Å². The molecule has 0 atom stereocenters. The summed E-state index contributed by atoms with van der Waals surface area (Å²) in [6.07, 6.45) is 4.77. The minimum absolute atomic E-state index is 0.453. The second kappa shape index (κ2) is 5.48. The van der Waals surface area contributed by atoms with E-state index in [-0.39, 0.29) is 0 Å². The fourth-order valence-electron chi connectivity index (χ4n) is 2.43. The number of hydrogen-bond acceptors (Lipinski definition) is 1. The molecule has 18 heavy (non-hydrogen) atoms. The van der Waals surface area contributed by atoms with Crippen LogP contribution in [0, 0.1) is 5.41 Å². The SMILES string of the molecule is CC1(C)CCC(Nc2c(Cl)cc(Cl)cc2Cl)CC1. The van der Waals surface area contributed by atoms with Gasteiger partial charge in [0, 0.05) is 11.1 Å². The molecule has 1 aliphatic rings. The van der Waals surface area contributed by atoms with Crippen molar-refractivity contribution in [2.75, 3.05) is 5.32 Å². The largest absolute Gasteiger partial charge is 0.380 e. The number of nitrogens with one attached hydrogen (secondary N) is 1. The standard InChI is InChI=1S/C14H18Cl3N/c1-14(2)5-3-10(4-6-14)18-13-11(16)7-9(15)8-12(13)17/h7-8,10,18H,3-6H2,1-2H3. The predicted molar refractivity (Wildman–Crippen MR) is 81.1 cm³/mol. The Balaban J connectivity index is 2.07. The van der Waals surface area contributed by atoms with Crippen molar-refractivity contribution in [1.82, 2.24) is 0 Å². The maximum atomic E-state index is 6.18. The third-order valence-electron chi connectivity index (χ3n) is 3.69. The molecule has 1 N–H and O–H groups in total. The van der Waals surface area contributed by atoms with Gasteiger partial charge in [0.15, 0.2) is 0 Å². The maximum absolute atomic E-state index is 6.18. The molecule has 4 heteroatoms. The summed E-state index contributed by atoms with van der Waals surface area (Å²) in [4.78, 5) is 0. The lowest BCUT2D eigenvalue weighted by Crippen LogP contribution is -2.30. The van der Waals surface area contributed by atoms with Crippen molar-refractivity contribution in [2.45, 2.75) is 45.6 Å². The Morgan fingerprint density at radius 1 is 1.06 bits per heavy atom. The number of rotatable bonds is 2. The van der Waals surface area contributed by atoms with Crippen molar-refractivity contribution in [3.8, 4) is 0 Å². The van der Waals surface area contributed by atoms with Gasteiger partial charge in [-0.05, 0) is 43.2 Å². The highest BCUT2D eigenvalue weighted by atomic mass is 35.5. The summed E-state index contributed by atoms with van der Waals surface area (Å²) in [6.45, 7) is 4.65. The molecule has 1 aliphatic carbocycles. The first-order valence-corrected chi connectivity index (χ1v) is 7.42. The van der Waals surface area contributed by atoms with Crippen LogP contribution in [0.15, 0.2) is 12.1 Å². The molecular formula is C14H18Cl3N. The highest BCUT2D eigenvalue weighted by Gasteiger charge is 2.27. The first-order valence-electron chi connectivity index (χ1n) is 6.28. The molecule has 1 saturated carbocycles. The molecule has 0 amide bonds. The minimum Gasteiger partial charge on any atom is -0.380 e. The second-order valence-electron chi connectivity index (χ2n) is 5.83. The van der Waals surface area contributed by atoms with Crippen molar-refractivity contribution in [3.05, 3.63) is 27.2 Å². The van der Waals surface area contributed by atoms with Gasteiger partial charge in [0.2, 0.25) is 0 Å². The van der Waals surface area contributed by atoms with Crippen LogP contribution >= 0.6 is 34.8 Å². The second-order valence-corrected chi connectivity index (χ2v) is 7.08. The van der Waals surface area contributed by atoms with Crippen molar-refractivity contribution in [2.24, 2.45) is 5.41 Å². The van der Waals surface area contributed by atoms with E-state index in [0.29, 0.717) is 26.5 Å². The van der Waals surface area contributed by atoms with Crippen LogP contribution in [0.3, 0.4) is 0 Å². The van der Waals surface area contributed by atoms with Crippen LogP contribution in [0.2, 0.25) is 15.1 Å². The molecule has 0 saturated heterocycles. The van der Waals surface area contributed by atoms with Crippen LogP contribution in [0.25, 0.3) is 0 Å². The van der Waals surface area contributed by atoms with Gasteiger partial charge in [-0.15, -0.1) is 0 Å². The normalized spacial score (nSPS) is 19.8. The molecule has 0 unspecified atom stereocenters. The number of anilines is 1. The van der Waals surface area contributed by atoms with Gasteiger partial charge in [0.05, 0.1) is 15.7 Å². The third kappa shape index (κ3) is 3.46. The molecule has 0 radical (unpaired) electrons. The Labute approximate surface area is 124 Å².